The zero-order valence-electron chi connectivity index (χ0n) is 16.5. The number of nitrogens with one attached hydrogen (secondary N) is 1. The maximum Gasteiger partial charge on any atom is 0.251 e. The van der Waals surface area contributed by atoms with Crippen molar-refractivity contribution >= 4 is 11.8 Å². The third kappa shape index (κ3) is 5.94. The molecule has 1 aromatic carbocycles. The summed E-state index contributed by atoms with van der Waals surface area (Å²) in [7, 11) is 1.53. The SMILES string of the molecule is COCC(=O)N1CCC(Oc2ccc(C(=O)NCC3CCOCC3)cc2)CC1. The van der Waals surface area contributed by atoms with Gasteiger partial charge in [0.2, 0.25) is 5.91 Å². The second-order valence-corrected chi connectivity index (χ2v) is 7.42. The van der Waals surface area contributed by atoms with E-state index in [9.17, 15) is 9.59 Å². The number of hydrogen-bond acceptors (Lipinski definition) is 5. The molecule has 28 heavy (non-hydrogen) atoms. The number of methoxy groups -OCH3 is 1. The van der Waals surface area contributed by atoms with Crippen molar-refractivity contribution < 1.29 is 23.8 Å². The first-order chi connectivity index (χ1) is 13.7. The Labute approximate surface area is 166 Å². The van der Waals surface area contributed by atoms with Crippen LogP contribution in [0.25, 0.3) is 0 Å². The molecule has 7 heteroatoms. The highest BCUT2D eigenvalue weighted by atomic mass is 16.5. The van der Waals surface area contributed by atoms with Crippen molar-refractivity contribution in [3.8, 4) is 5.75 Å². The van der Waals surface area contributed by atoms with E-state index in [4.69, 9.17) is 14.2 Å². The second-order valence-electron chi connectivity index (χ2n) is 7.42. The standard InChI is InChI=1S/C21H30N2O5/c1-26-15-20(24)23-10-6-19(7-11-23)28-18-4-2-17(3-5-18)21(25)22-14-16-8-12-27-13-9-16/h2-5,16,19H,6-15H2,1H3,(H,22,25). The summed E-state index contributed by atoms with van der Waals surface area (Å²) >= 11 is 0. The van der Waals surface area contributed by atoms with E-state index in [1.54, 1.807) is 12.1 Å². The predicted octanol–water partition coefficient (Wildman–Crippen LogP) is 1.86. The topological polar surface area (TPSA) is 77.1 Å². The van der Waals surface area contributed by atoms with Crippen LogP contribution in [0.1, 0.15) is 36.0 Å². The minimum atomic E-state index is -0.0528. The molecule has 0 bridgehead atoms. The van der Waals surface area contributed by atoms with Crippen LogP contribution in [0.2, 0.25) is 0 Å². The zero-order chi connectivity index (χ0) is 19.8. The van der Waals surface area contributed by atoms with Crippen LogP contribution in [-0.2, 0) is 14.3 Å². The summed E-state index contributed by atoms with van der Waals surface area (Å²) in [6, 6.07) is 7.27. The first-order valence-electron chi connectivity index (χ1n) is 10.0. The van der Waals surface area contributed by atoms with Gasteiger partial charge in [-0.05, 0) is 43.0 Å². The highest BCUT2D eigenvalue weighted by molar-refractivity contribution is 5.94. The van der Waals surface area contributed by atoms with Crippen LogP contribution in [0.3, 0.4) is 0 Å². The van der Waals surface area contributed by atoms with Crippen LogP contribution < -0.4 is 10.1 Å². The molecule has 7 nitrogen and oxygen atoms in total. The third-order valence-corrected chi connectivity index (χ3v) is 5.37. The minimum absolute atomic E-state index is 0.0251. The van der Waals surface area contributed by atoms with Gasteiger partial charge in [-0.2, -0.15) is 0 Å². The maximum atomic E-state index is 12.3. The number of likely N-dealkylation sites (tertiary alicyclic amines) is 1. The largest absolute Gasteiger partial charge is 0.490 e. The molecule has 2 fully saturated rings. The Morgan fingerprint density at radius 1 is 1.11 bits per heavy atom. The number of amides is 2. The molecule has 2 amide bonds. The molecule has 0 aliphatic carbocycles. The van der Waals surface area contributed by atoms with E-state index >= 15 is 0 Å². The monoisotopic (exact) mass is 390 g/mol. The maximum absolute atomic E-state index is 12.3. The van der Waals surface area contributed by atoms with Crippen LogP contribution in [0, 0.1) is 5.92 Å². The lowest BCUT2D eigenvalue weighted by Gasteiger charge is -2.32. The molecule has 0 spiro atoms. The van der Waals surface area contributed by atoms with Crippen molar-refractivity contribution in [2.24, 2.45) is 5.92 Å². The van der Waals surface area contributed by atoms with Gasteiger partial charge in [-0.1, -0.05) is 0 Å². The van der Waals surface area contributed by atoms with Gasteiger partial charge in [0.15, 0.2) is 0 Å². The third-order valence-electron chi connectivity index (χ3n) is 5.37. The second kappa shape index (κ2) is 10.4. The fraction of sp³-hybridized carbons (Fsp3) is 0.619. The predicted molar refractivity (Wildman–Crippen MR) is 104 cm³/mol. The van der Waals surface area contributed by atoms with Gasteiger partial charge in [-0.25, -0.2) is 0 Å². The van der Waals surface area contributed by atoms with Gasteiger partial charge < -0.3 is 24.4 Å². The van der Waals surface area contributed by atoms with Crippen molar-refractivity contribution in [2.75, 3.05) is 46.6 Å². The summed E-state index contributed by atoms with van der Waals surface area (Å²) in [6.45, 7) is 3.75. The molecule has 2 aliphatic heterocycles. The number of carbonyl (C=O) groups is 2. The van der Waals surface area contributed by atoms with Gasteiger partial charge in [-0.3, -0.25) is 9.59 Å². The lowest BCUT2D eigenvalue weighted by molar-refractivity contribution is -0.136. The van der Waals surface area contributed by atoms with E-state index in [1.807, 2.05) is 17.0 Å². The van der Waals surface area contributed by atoms with E-state index in [2.05, 4.69) is 5.32 Å². The fourth-order valence-corrected chi connectivity index (χ4v) is 3.60. The summed E-state index contributed by atoms with van der Waals surface area (Å²) in [4.78, 5) is 26.0. The molecule has 0 saturated carbocycles. The summed E-state index contributed by atoms with van der Waals surface area (Å²) in [5, 5.41) is 3.01. The Kier molecular flexibility index (Phi) is 7.68. The smallest absolute Gasteiger partial charge is 0.251 e. The Bertz CT molecular complexity index is 635. The van der Waals surface area contributed by atoms with E-state index in [0.29, 0.717) is 31.1 Å². The Balaban J connectivity index is 1.41. The van der Waals surface area contributed by atoms with Crippen LogP contribution in [0.15, 0.2) is 24.3 Å². The van der Waals surface area contributed by atoms with Crippen LogP contribution in [0.5, 0.6) is 5.75 Å². The van der Waals surface area contributed by atoms with Crippen molar-refractivity contribution in [2.45, 2.75) is 31.8 Å². The summed E-state index contributed by atoms with van der Waals surface area (Å²) in [5.74, 6) is 1.23. The van der Waals surface area contributed by atoms with E-state index in [0.717, 1.165) is 44.6 Å². The van der Waals surface area contributed by atoms with Gasteiger partial charge in [0, 0.05) is 58.4 Å². The molecular formula is C21H30N2O5. The van der Waals surface area contributed by atoms with Gasteiger partial charge in [0.05, 0.1) is 0 Å². The number of piperidine rings is 1. The van der Waals surface area contributed by atoms with Gasteiger partial charge in [0.25, 0.3) is 5.91 Å². The van der Waals surface area contributed by atoms with Crippen molar-refractivity contribution in [1.29, 1.82) is 0 Å². The Morgan fingerprint density at radius 3 is 2.43 bits per heavy atom. The minimum Gasteiger partial charge on any atom is -0.490 e. The van der Waals surface area contributed by atoms with Gasteiger partial charge in [-0.15, -0.1) is 0 Å². The molecule has 2 heterocycles. The van der Waals surface area contributed by atoms with Crippen LogP contribution in [-0.4, -0.2) is 69.4 Å². The summed E-state index contributed by atoms with van der Waals surface area (Å²) < 4.78 is 16.3. The normalized spacial score (nSPS) is 18.7. The zero-order valence-corrected chi connectivity index (χ0v) is 16.5. The summed E-state index contributed by atoms with van der Waals surface area (Å²) in [5.41, 5.74) is 0.638. The van der Waals surface area contributed by atoms with E-state index < -0.39 is 0 Å². The molecule has 154 valence electrons. The highest BCUT2D eigenvalue weighted by Crippen LogP contribution is 2.20. The molecule has 3 rings (SSSR count). The molecule has 0 aromatic heterocycles. The highest BCUT2D eigenvalue weighted by Gasteiger charge is 2.23. The lowest BCUT2D eigenvalue weighted by Crippen LogP contribution is -2.43. The van der Waals surface area contributed by atoms with Gasteiger partial charge >= 0.3 is 0 Å². The number of nitrogens with zero attached hydrogens (tertiary/aromatic N) is 1. The fourth-order valence-electron chi connectivity index (χ4n) is 3.60. The molecule has 1 N–H and O–H groups in total. The first-order valence-corrected chi connectivity index (χ1v) is 10.0. The molecule has 0 atom stereocenters. The summed E-state index contributed by atoms with van der Waals surface area (Å²) in [6.07, 6.45) is 3.68. The van der Waals surface area contributed by atoms with Crippen LogP contribution in [0.4, 0.5) is 0 Å². The average Bonchev–Trinajstić information content (AvgIpc) is 2.74. The van der Waals surface area contributed by atoms with E-state index in [1.165, 1.54) is 7.11 Å². The molecule has 0 unspecified atom stereocenters. The van der Waals surface area contributed by atoms with Crippen molar-refractivity contribution in [3.05, 3.63) is 29.8 Å². The number of ether oxygens (including phenoxy) is 3. The van der Waals surface area contributed by atoms with E-state index in [-0.39, 0.29) is 24.5 Å². The number of benzene rings is 1. The average molecular weight is 390 g/mol. The number of hydrogen-bond donors (Lipinski definition) is 1. The lowest BCUT2D eigenvalue weighted by atomic mass is 10.0. The van der Waals surface area contributed by atoms with Crippen molar-refractivity contribution in [1.82, 2.24) is 10.2 Å². The molecule has 1 aromatic rings. The molecule has 2 saturated heterocycles. The first kappa shape index (κ1) is 20.6. The molecular weight excluding hydrogens is 360 g/mol. The molecule has 2 aliphatic rings. The van der Waals surface area contributed by atoms with Crippen molar-refractivity contribution in [3.63, 3.8) is 0 Å². The quantitative estimate of drug-likeness (QED) is 0.769. The Hall–Kier alpha value is -2.12. The molecule has 0 radical (unpaired) electrons. The number of carbonyl (C=O) groups excluding carboxylic acids is 2. The van der Waals surface area contributed by atoms with Crippen LogP contribution >= 0.6 is 0 Å². The van der Waals surface area contributed by atoms with Gasteiger partial charge in [0.1, 0.15) is 18.5 Å². The number of rotatable bonds is 7. The Morgan fingerprint density at radius 2 is 1.79 bits per heavy atom.